The number of carboxylic acid groups (broad SMARTS) is 1. The molecule has 0 aliphatic heterocycles. The fraction of sp³-hybridized carbons (Fsp3) is 0.333. The largest absolute Gasteiger partial charge is 0.480 e. The smallest absolute Gasteiger partial charge is 0.317 e. The molecule has 86 valence electrons. The molecule has 1 aliphatic rings. The van der Waals surface area contributed by atoms with Crippen molar-refractivity contribution in [1.29, 1.82) is 0 Å². The molecule has 1 aliphatic carbocycles. The van der Waals surface area contributed by atoms with E-state index in [0.29, 0.717) is 12.1 Å². The van der Waals surface area contributed by atoms with Crippen molar-refractivity contribution in [3.8, 4) is 0 Å². The van der Waals surface area contributed by atoms with Gasteiger partial charge in [0.15, 0.2) is 0 Å². The van der Waals surface area contributed by atoms with Crippen LogP contribution in [0.15, 0.2) is 35.1 Å². The monoisotopic (exact) mass is 221 g/mol. The summed E-state index contributed by atoms with van der Waals surface area (Å²) < 4.78 is 0. The van der Waals surface area contributed by atoms with Crippen LogP contribution in [0.5, 0.6) is 0 Å². The Balaban J connectivity index is 3.25. The second-order valence-corrected chi connectivity index (χ2v) is 4.07. The lowest BCUT2D eigenvalue weighted by Crippen LogP contribution is -2.23. The number of rotatable bonds is 3. The SMILES string of the molecule is CC1=CC(C)(C(=O)O)C=CC(C)=C1NC=O. The maximum absolute atomic E-state index is 11.1. The number of allylic oxidation sites excluding steroid dienone is 3. The first kappa shape index (κ1) is 12.2. The second kappa shape index (κ2) is 4.35. The average molecular weight is 221 g/mol. The van der Waals surface area contributed by atoms with E-state index in [-0.39, 0.29) is 0 Å². The van der Waals surface area contributed by atoms with Crippen LogP contribution in [0.2, 0.25) is 0 Å². The molecule has 0 saturated carbocycles. The predicted octanol–water partition coefficient (Wildman–Crippen LogP) is 1.61. The maximum atomic E-state index is 11.1. The van der Waals surface area contributed by atoms with Gasteiger partial charge in [-0.05, 0) is 31.9 Å². The summed E-state index contributed by atoms with van der Waals surface area (Å²) in [5, 5.41) is 11.7. The Morgan fingerprint density at radius 2 is 2.12 bits per heavy atom. The van der Waals surface area contributed by atoms with E-state index >= 15 is 0 Å². The van der Waals surface area contributed by atoms with Crippen LogP contribution in [0.4, 0.5) is 0 Å². The number of hydrogen-bond donors (Lipinski definition) is 2. The van der Waals surface area contributed by atoms with Crippen molar-refractivity contribution < 1.29 is 14.7 Å². The summed E-state index contributed by atoms with van der Waals surface area (Å²) in [7, 11) is 0. The van der Waals surface area contributed by atoms with Crippen LogP contribution >= 0.6 is 0 Å². The first-order chi connectivity index (χ1) is 7.40. The van der Waals surface area contributed by atoms with Crippen LogP contribution in [0.25, 0.3) is 0 Å². The Hall–Kier alpha value is -1.84. The molecule has 16 heavy (non-hydrogen) atoms. The van der Waals surface area contributed by atoms with Crippen LogP contribution < -0.4 is 5.32 Å². The number of aliphatic carboxylic acids is 1. The van der Waals surface area contributed by atoms with E-state index in [1.807, 2.05) is 6.92 Å². The van der Waals surface area contributed by atoms with Gasteiger partial charge in [-0.2, -0.15) is 0 Å². The Morgan fingerprint density at radius 3 is 2.62 bits per heavy atom. The Kier molecular flexibility index (Phi) is 3.32. The van der Waals surface area contributed by atoms with Crippen molar-refractivity contribution >= 4 is 12.4 Å². The summed E-state index contributed by atoms with van der Waals surface area (Å²) >= 11 is 0. The third-order valence-corrected chi connectivity index (χ3v) is 2.65. The zero-order valence-corrected chi connectivity index (χ0v) is 9.57. The number of carbonyl (C=O) groups excluding carboxylic acids is 1. The van der Waals surface area contributed by atoms with E-state index in [9.17, 15) is 9.59 Å². The molecule has 1 amide bonds. The second-order valence-electron chi connectivity index (χ2n) is 4.07. The van der Waals surface area contributed by atoms with Gasteiger partial charge in [-0.15, -0.1) is 0 Å². The van der Waals surface area contributed by atoms with Crippen molar-refractivity contribution in [2.45, 2.75) is 20.8 Å². The Labute approximate surface area is 94.3 Å². The summed E-state index contributed by atoms with van der Waals surface area (Å²) in [6, 6.07) is 0. The van der Waals surface area contributed by atoms with Gasteiger partial charge in [-0.3, -0.25) is 9.59 Å². The molecule has 0 fully saturated rings. The molecule has 0 bridgehead atoms. The van der Waals surface area contributed by atoms with Gasteiger partial charge in [-0.25, -0.2) is 0 Å². The lowest BCUT2D eigenvalue weighted by atomic mass is 9.89. The molecular formula is C12H15NO3. The molecule has 0 aromatic carbocycles. The molecule has 0 saturated heterocycles. The number of amides is 1. The van der Waals surface area contributed by atoms with Crippen molar-refractivity contribution in [1.82, 2.24) is 5.32 Å². The molecule has 1 rings (SSSR count). The molecule has 0 radical (unpaired) electrons. The molecule has 1 atom stereocenters. The normalized spacial score (nSPS) is 24.8. The molecule has 4 heteroatoms. The molecular weight excluding hydrogens is 206 g/mol. The molecule has 4 nitrogen and oxygen atoms in total. The van der Waals surface area contributed by atoms with E-state index in [1.54, 1.807) is 32.1 Å². The minimum atomic E-state index is -1.03. The van der Waals surface area contributed by atoms with Crippen molar-refractivity contribution in [3.05, 3.63) is 35.1 Å². The minimum absolute atomic E-state index is 0.591. The van der Waals surface area contributed by atoms with Crippen molar-refractivity contribution in [2.75, 3.05) is 0 Å². The molecule has 0 spiro atoms. The lowest BCUT2D eigenvalue weighted by Gasteiger charge is -2.16. The number of carbonyl (C=O) groups is 2. The van der Waals surface area contributed by atoms with Crippen LogP contribution in [0, 0.1) is 5.41 Å². The fourth-order valence-corrected chi connectivity index (χ4v) is 1.68. The average Bonchev–Trinajstić information content (AvgIpc) is 2.31. The van der Waals surface area contributed by atoms with Gasteiger partial charge < -0.3 is 10.4 Å². The summed E-state index contributed by atoms with van der Waals surface area (Å²) in [5.74, 6) is -0.914. The van der Waals surface area contributed by atoms with E-state index in [1.165, 1.54) is 0 Å². The number of nitrogens with one attached hydrogen (secondary N) is 1. The molecule has 2 N–H and O–H groups in total. The minimum Gasteiger partial charge on any atom is -0.480 e. The first-order valence-corrected chi connectivity index (χ1v) is 4.94. The summed E-state index contributed by atoms with van der Waals surface area (Å²) in [6.45, 7) is 5.23. The van der Waals surface area contributed by atoms with Crippen molar-refractivity contribution in [3.63, 3.8) is 0 Å². The predicted molar refractivity (Wildman–Crippen MR) is 60.5 cm³/mol. The van der Waals surface area contributed by atoms with Gasteiger partial charge in [0.1, 0.15) is 5.41 Å². The molecule has 0 aromatic heterocycles. The lowest BCUT2D eigenvalue weighted by molar-refractivity contribution is -0.142. The zero-order chi connectivity index (χ0) is 12.3. The Bertz CT molecular complexity index is 418. The number of carboxylic acids is 1. The topological polar surface area (TPSA) is 66.4 Å². The van der Waals surface area contributed by atoms with E-state index in [2.05, 4.69) is 5.32 Å². The zero-order valence-electron chi connectivity index (χ0n) is 9.57. The highest BCUT2D eigenvalue weighted by Gasteiger charge is 2.29. The van der Waals surface area contributed by atoms with Crippen LogP contribution in [-0.2, 0) is 9.59 Å². The summed E-state index contributed by atoms with van der Waals surface area (Å²) in [6.07, 6.45) is 5.56. The number of hydrogen-bond acceptors (Lipinski definition) is 2. The highest BCUT2D eigenvalue weighted by molar-refractivity contribution is 5.80. The summed E-state index contributed by atoms with van der Waals surface area (Å²) in [5.41, 5.74) is 1.22. The van der Waals surface area contributed by atoms with E-state index in [0.717, 1.165) is 11.1 Å². The Morgan fingerprint density at radius 1 is 1.50 bits per heavy atom. The highest BCUT2D eigenvalue weighted by Crippen LogP contribution is 2.29. The standard InChI is InChI=1S/C12H15NO3/c1-8-4-5-12(3,11(15)16)6-9(2)10(8)13-7-14/h4-7H,1-3H3,(H,13,14)(H,15,16). The summed E-state index contributed by atoms with van der Waals surface area (Å²) in [4.78, 5) is 21.6. The fourth-order valence-electron chi connectivity index (χ4n) is 1.68. The van der Waals surface area contributed by atoms with Crippen LogP contribution in [0.3, 0.4) is 0 Å². The van der Waals surface area contributed by atoms with Crippen molar-refractivity contribution in [2.24, 2.45) is 5.41 Å². The van der Waals surface area contributed by atoms with Gasteiger partial charge in [0.25, 0.3) is 0 Å². The van der Waals surface area contributed by atoms with Gasteiger partial charge in [0, 0.05) is 5.70 Å². The third-order valence-electron chi connectivity index (χ3n) is 2.65. The van der Waals surface area contributed by atoms with Crippen LogP contribution in [0.1, 0.15) is 20.8 Å². The first-order valence-electron chi connectivity index (χ1n) is 4.94. The highest BCUT2D eigenvalue weighted by atomic mass is 16.4. The maximum Gasteiger partial charge on any atom is 0.317 e. The van der Waals surface area contributed by atoms with Gasteiger partial charge in [0.2, 0.25) is 6.41 Å². The van der Waals surface area contributed by atoms with E-state index < -0.39 is 11.4 Å². The third kappa shape index (κ3) is 2.21. The van der Waals surface area contributed by atoms with E-state index in [4.69, 9.17) is 5.11 Å². The van der Waals surface area contributed by atoms with Gasteiger partial charge >= 0.3 is 5.97 Å². The van der Waals surface area contributed by atoms with Crippen LogP contribution in [-0.4, -0.2) is 17.5 Å². The molecule has 0 heterocycles. The molecule has 0 aromatic rings. The molecule has 1 unspecified atom stereocenters. The van der Waals surface area contributed by atoms with Gasteiger partial charge in [-0.1, -0.05) is 18.2 Å². The quantitative estimate of drug-likeness (QED) is 0.711. The van der Waals surface area contributed by atoms with Gasteiger partial charge in [0.05, 0.1) is 0 Å².